The van der Waals surface area contributed by atoms with E-state index in [0.29, 0.717) is 11.3 Å². The smallest absolute Gasteiger partial charge is 0.200 e. The molecule has 0 unspecified atom stereocenters. The first-order valence-electron chi connectivity index (χ1n) is 4.12. The molecule has 0 aliphatic rings. The van der Waals surface area contributed by atoms with E-state index in [0.717, 1.165) is 11.3 Å². The van der Waals surface area contributed by atoms with Crippen molar-refractivity contribution in [3.8, 4) is 0 Å². The predicted octanol–water partition coefficient (Wildman–Crippen LogP) is -1.85. The molecule has 0 aliphatic heterocycles. The first-order chi connectivity index (χ1) is 6.58. The SMILES string of the molecule is Bc1nc2nc(N)c(N)nc2nc1C. The summed E-state index contributed by atoms with van der Waals surface area (Å²) in [4.78, 5) is 16.4. The molecule has 2 aromatic rings. The van der Waals surface area contributed by atoms with Gasteiger partial charge in [-0.15, -0.1) is 0 Å². The number of nitrogens with zero attached hydrogens (tertiary/aromatic N) is 4. The molecular weight excluding hydrogens is 179 g/mol. The molecule has 2 rings (SSSR count). The summed E-state index contributed by atoms with van der Waals surface area (Å²) in [6, 6.07) is 0. The fraction of sp³-hybridized carbons (Fsp3) is 0.143. The zero-order valence-corrected chi connectivity index (χ0v) is 7.94. The molecule has 0 spiro atoms. The minimum absolute atomic E-state index is 0.190. The first-order valence-corrected chi connectivity index (χ1v) is 4.12. The Morgan fingerprint density at radius 1 is 0.929 bits per heavy atom. The highest BCUT2D eigenvalue weighted by Crippen LogP contribution is 2.11. The molecule has 6 nitrogen and oxygen atoms in total. The Morgan fingerprint density at radius 3 is 2.00 bits per heavy atom. The molecule has 7 heteroatoms. The Kier molecular flexibility index (Phi) is 1.73. The average molecular weight is 188 g/mol. The summed E-state index contributed by atoms with van der Waals surface area (Å²) in [6.45, 7) is 1.86. The molecule has 0 saturated heterocycles. The third-order valence-electron chi connectivity index (χ3n) is 1.99. The van der Waals surface area contributed by atoms with Gasteiger partial charge in [0.15, 0.2) is 30.8 Å². The Morgan fingerprint density at radius 2 is 1.43 bits per heavy atom. The van der Waals surface area contributed by atoms with Gasteiger partial charge in [0.2, 0.25) is 0 Å². The van der Waals surface area contributed by atoms with Crippen molar-refractivity contribution in [2.45, 2.75) is 6.92 Å². The van der Waals surface area contributed by atoms with Gasteiger partial charge in [-0.1, -0.05) is 0 Å². The lowest BCUT2D eigenvalue weighted by Gasteiger charge is -2.03. The average Bonchev–Trinajstić information content (AvgIpc) is 2.11. The first kappa shape index (κ1) is 8.67. The largest absolute Gasteiger partial charge is 0.381 e. The van der Waals surface area contributed by atoms with Crippen LogP contribution in [0.15, 0.2) is 0 Å². The van der Waals surface area contributed by atoms with Crippen LogP contribution in [0, 0.1) is 6.92 Å². The fourth-order valence-electron chi connectivity index (χ4n) is 1.07. The topological polar surface area (TPSA) is 104 Å². The van der Waals surface area contributed by atoms with E-state index in [4.69, 9.17) is 11.5 Å². The highest BCUT2D eigenvalue weighted by molar-refractivity contribution is 6.31. The monoisotopic (exact) mass is 188 g/mol. The second-order valence-electron chi connectivity index (χ2n) is 3.04. The van der Waals surface area contributed by atoms with E-state index < -0.39 is 0 Å². The van der Waals surface area contributed by atoms with E-state index in [1.807, 2.05) is 14.8 Å². The van der Waals surface area contributed by atoms with Crippen LogP contribution in [0.25, 0.3) is 11.3 Å². The van der Waals surface area contributed by atoms with Crippen molar-refractivity contribution in [3.05, 3.63) is 5.69 Å². The van der Waals surface area contributed by atoms with Crippen LogP contribution >= 0.6 is 0 Å². The zero-order valence-electron chi connectivity index (χ0n) is 7.94. The van der Waals surface area contributed by atoms with Gasteiger partial charge in [0.05, 0.1) is 5.69 Å². The van der Waals surface area contributed by atoms with Crippen LogP contribution < -0.4 is 17.1 Å². The van der Waals surface area contributed by atoms with Gasteiger partial charge in [0.25, 0.3) is 0 Å². The lowest BCUT2D eigenvalue weighted by Crippen LogP contribution is -2.16. The van der Waals surface area contributed by atoms with E-state index in [1.54, 1.807) is 0 Å². The number of aryl methyl sites for hydroxylation is 1. The van der Waals surface area contributed by atoms with Gasteiger partial charge in [-0.05, 0) is 6.92 Å². The quantitative estimate of drug-likeness (QED) is 0.470. The maximum absolute atomic E-state index is 5.51. The number of hydrogen-bond acceptors (Lipinski definition) is 6. The number of hydrogen-bond donors (Lipinski definition) is 2. The van der Waals surface area contributed by atoms with Crippen LogP contribution in [0.4, 0.5) is 11.6 Å². The predicted molar refractivity (Wildman–Crippen MR) is 56.9 cm³/mol. The van der Waals surface area contributed by atoms with Crippen molar-refractivity contribution < 1.29 is 0 Å². The van der Waals surface area contributed by atoms with Crippen LogP contribution in [-0.2, 0) is 0 Å². The molecule has 0 radical (unpaired) electrons. The normalized spacial score (nSPS) is 10.6. The van der Waals surface area contributed by atoms with Crippen LogP contribution in [0.1, 0.15) is 5.69 Å². The summed E-state index contributed by atoms with van der Waals surface area (Å²) in [5.41, 5.74) is 13.5. The maximum atomic E-state index is 5.51. The summed E-state index contributed by atoms with van der Waals surface area (Å²) in [7, 11) is 1.86. The van der Waals surface area contributed by atoms with Crippen LogP contribution in [0.2, 0.25) is 0 Å². The number of aromatic nitrogens is 4. The van der Waals surface area contributed by atoms with Gasteiger partial charge in [0.1, 0.15) is 0 Å². The molecule has 0 aromatic carbocycles. The number of nitrogen functional groups attached to an aromatic ring is 2. The highest BCUT2D eigenvalue weighted by Gasteiger charge is 2.06. The van der Waals surface area contributed by atoms with E-state index in [-0.39, 0.29) is 11.6 Å². The lowest BCUT2D eigenvalue weighted by atomic mass is 10.0. The molecule has 0 atom stereocenters. The van der Waals surface area contributed by atoms with E-state index in [9.17, 15) is 0 Å². The summed E-state index contributed by atoms with van der Waals surface area (Å²) in [5.74, 6) is 0.380. The van der Waals surface area contributed by atoms with Crippen LogP contribution in [0.3, 0.4) is 0 Å². The van der Waals surface area contributed by atoms with Crippen molar-refractivity contribution in [3.63, 3.8) is 0 Å². The molecule has 14 heavy (non-hydrogen) atoms. The number of nitrogens with two attached hydrogens (primary N) is 2. The molecule has 2 aromatic heterocycles. The minimum Gasteiger partial charge on any atom is -0.381 e. The third-order valence-corrected chi connectivity index (χ3v) is 1.99. The van der Waals surface area contributed by atoms with Crippen molar-refractivity contribution in [1.82, 2.24) is 19.9 Å². The van der Waals surface area contributed by atoms with Gasteiger partial charge in [-0.2, -0.15) is 0 Å². The highest BCUT2D eigenvalue weighted by atomic mass is 15.1. The fourth-order valence-corrected chi connectivity index (χ4v) is 1.07. The Bertz CT molecular complexity index is 422. The van der Waals surface area contributed by atoms with E-state index >= 15 is 0 Å². The second kappa shape index (κ2) is 2.79. The van der Waals surface area contributed by atoms with Gasteiger partial charge in [-0.3, -0.25) is 0 Å². The summed E-state index contributed by atoms with van der Waals surface area (Å²) < 4.78 is 0. The molecule has 4 N–H and O–H groups in total. The summed E-state index contributed by atoms with van der Waals surface area (Å²) in [5, 5.41) is 0. The Hall–Kier alpha value is -1.92. The maximum Gasteiger partial charge on any atom is 0.200 e. The molecular formula is C7H9BN6. The molecule has 2 heterocycles. The molecule has 0 fully saturated rings. The van der Waals surface area contributed by atoms with Crippen molar-refractivity contribution in [2.24, 2.45) is 0 Å². The minimum atomic E-state index is 0.190. The van der Waals surface area contributed by atoms with Gasteiger partial charge in [-0.25, -0.2) is 19.9 Å². The zero-order chi connectivity index (χ0) is 10.3. The summed E-state index contributed by atoms with van der Waals surface area (Å²) >= 11 is 0. The molecule has 0 saturated carbocycles. The van der Waals surface area contributed by atoms with Gasteiger partial charge in [0, 0.05) is 5.59 Å². The molecule has 70 valence electrons. The van der Waals surface area contributed by atoms with Gasteiger partial charge >= 0.3 is 0 Å². The van der Waals surface area contributed by atoms with Crippen molar-refractivity contribution in [1.29, 1.82) is 0 Å². The van der Waals surface area contributed by atoms with Crippen LogP contribution in [0.5, 0.6) is 0 Å². The number of fused-ring (bicyclic) bond motifs is 1. The number of anilines is 2. The second-order valence-corrected chi connectivity index (χ2v) is 3.04. The Balaban J connectivity index is 2.83. The lowest BCUT2D eigenvalue weighted by molar-refractivity contribution is 1.14. The standard InChI is InChI=1S/C7H9BN6/c1-2-3(8)12-7-6(11-2)13-4(9)5(10)14-7/h8H2,1H3,(H2,9,11,13)(H2,10,12,14). The van der Waals surface area contributed by atoms with Crippen LogP contribution in [-0.4, -0.2) is 27.8 Å². The summed E-state index contributed by atoms with van der Waals surface area (Å²) in [6.07, 6.45) is 0. The molecule has 0 amide bonds. The molecule has 0 aliphatic carbocycles. The Labute approximate surface area is 81.2 Å². The molecule has 0 bridgehead atoms. The number of rotatable bonds is 0. The van der Waals surface area contributed by atoms with Crippen molar-refractivity contribution in [2.75, 3.05) is 11.5 Å². The van der Waals surface area contributed by atoms with Crippen molar-refractivity contribution >= 4 is 36.4 Å². The van der Waals surface area contributed by atoms with Gasteiger partial charge < -0.3 is 11.5 Å². The van der Waals surface area contributed by atoms with E-state index in [1.165, 1.54) is 0 Å². The third kappa shape index (κ3) is 1.22. The van der Waals surface area contributed by atoms with E-state index in [2.05, 4.69) is 19.9 Å².